The van der Waals surface area contributed by atoms with E-state index in [1.165, 1.54) is 43.8 Å². The first kappa shape index (κ1) is 60.6. The lowest BCUT2D eigenvalue weighted by Gasteiger charge is -2.19. The number of rotatable bonds is 9. The van der Waals surface area contributed by atoms with Crippen LogP contribution in [0, 0.1) is 0 Å². The summed E-state index contributed by atoms with van der Waals surface area (Å²) in [6.07, 6.45) is 0. The largest absolute Gasteiger partial charge is 0.456 e. The van der Waals surface area contributed by atoms with Crippen LogP contribution in [0.4, 0.5) is 0 Å². The van der Waals surface area contributed by atoms with Crippen LogP contribution in [0.5, 0.6) is 0 Å². The molecule has 25 rings (SSSR count). The molecule has 3 heterocycles. The van der Waals surface area contributed by atoms with Crippen LogP contribution in [-0.2, 0) is 0 Å². The summed E-state index contributed by atoms with van der Waals surface area (Å²) in [6, 6.07) is 131. The molecule has 22 aromatic carbocycles. The smallest absolute Gasteiger partial charge is 0.143 e. The number of hydrogen-bond donors (Lipinski definition) is 0. The molecule has 0 saturated carbocycles. The average molecular weight is 1550 g/mol. The summed E-state index contributed by atoms with van der Waals surface area (Å²) in [6.45, 7) is 0. The molecule has 0 radical (unpaired) electrons. The number of para-hydroxylation sites is 5. The number of hydrogen-bond acceptors (Lipinski definition) is 3. The highest BCUT2D eigenvalue weighted by molar-refractivity contribution is 6.26. The van der Waals surface area contributed by atoms with Gasteiger partial charge in [-0.1, -0.05) is 412 Å². The zero-order chi connectivity index (χ0) is 88.6. The Morgan fingerprint density at radius 1 is 0.140 bits per heavy atom. The molecule has 0 N–H and O–H groups in total. The van der Waals surface area contributed by atoms with Crippen molar-refractivity contribution in [1.82, 2.24) is 0 Å². The van der Waals surface area contributed by atoms with Gasteiger partial charge in [0.2, 0.25) is 0 Å². The third-order valence-electron chi connectivity index (χ3n) is 24.0. The predicted octanol–water partition coefficient (Wildman–Crippen LogP) is 33.8. The summed E-state index contributed by atoms with van der Waals surface area (Å²) >= 11 is 0. The number of furan rings is 3. The van der Waals surface area contributed by atoms with Gasteiger partial charge in [0.1, 0.15) is 33.5 Å². The third kappa shape index (κ3) is 12.0. The van der Waals surface area contributed by atoms with Gasteiger partial charge in [0.25, 0.3) is 0 Å². The normalized spacial score (nSPS) is 12.8. The van der Waals surface area contributed by atoms with Crippen LogP contribution in [0.2, 0.25) is 0 Å². The highest BCUT2D eigenvalue weighted by atomic mass is 16.3. The molecule has 0 aliphatic rings. The SMILES string of the molecule is [2H]c1c([2H])c([2H])c(-c2c3ccccc3c(-c3ccc(-c4cccc5c4oc4ccccc45)cc3)c3ccccc23)c([2H])c1[2H].[2H]c1c([2H])c([2H])c(-c2c3ccccc3c(-c3cccc4c(-c5ccc6c(c5)oc5ccccc56)cccc34)c3ccccc23)c([2H])c1[2H].c1ccc(-c2c3ccccc3c(-c3cccc(-c4cccc5c4oc4ccccc45)c3)c3ccccc23)cc1. The van der Waals surface area contributed by atoms with E-state index in [2.05, 4.69) is 255 Å². The van der Waals surface area contributed by atoms with E-state index in [1.807, 2.05) is 133 Å². The predicted molar refractivity (Wildman–Crippen MR) is 513 cm³/mol. The van der Waals surface area contributed by atoms with Crippen LogP contribution >= 0.6 is 0 Å². The second-order valence-electron chi connectivity index (χ2n) is 30.6. The molecule has 0 atom stereocenters. The van der Waals surface area contributed by atoms with Crippen molar-refractivity contribution in [3.05, 3.63) is 449 Å². The lowest BCUT2D eigenvalue weighted by molar-refractivity contribution is 0.669. The van der Waals surface area contributed by atoms with Crippen molar-refractivity contribution in [2.45, 2.75) is 0 Å². The van der Waals surface area contributed by atoms with Crippen LogP contribution in [0.15, 0.2) is 462 Å². The molecule has 0 bridgehead atoms. The summed E-state index contributed by atoms with van der Waals surface area (Å²) < 4.78 is 104. The van der Waals surface area contributed by atoms with Gasteiger partial charge in [0, 0.05) is 43.4 Å². The molecule has 121 heavy (non-hydrogen) atoms. The standard InChI is InChI=1S/C42H26O.2C38H24O/c1-2-12-27(13-3-1)41-35-15-4-6-17-37(35)42(38-18-7-5-16-36(38)41)34-22-11-20-30-29(19-10-21-31(30)34)28-24-25-33-32-14-8-9-23-39(32)43-40(33)26-28;1-2-12-25(13-3-1)36-30-17-4-6-19-32(30)37(33-20-7-5-18-31(33)36)27-15-10-14-26(24-27)28-21-11-22-34-29-16-8-9-23-35(29)39-38(28)34;1-2-11-26(12-3-1)36-30-14-4-6-16-32(30)37(33-17-7-5-15-31(33)36)27-23-21-25(22-24-27)28-18-10-19-34-29-13-8-9-20-35(29)39-38(28)34/h1-26H;2*1-24H/i1D,2D,3D,12D,13D;;1D,2D,3D,11D,12D. The van der Waals surface area contributed by atoms with E-state index in [1.54, 1.807) is 0 Å². The van der Waals surface area contributed by atoms with Crippen LogP contribution in [-0.4, -0.2) is 0 Å². The Balaban J connectivity index is 0.000000112. The van der Waals surface area contributed by atoms with Crippen molar-refractivity contribution < 1.29 is 27.0 Å². The number of fused-ring (bicyclic) bond motifs is 16. The van der Waals surface area contributed by atoms with E-state index in [0.717, 1.165) is 175 Å². The molecule has 3 nitrogen and oxygen atoms in total. The molecule has 564 valence electrons. The van der Waals surface area contributed by atoms with Crippen molar-refractivity contribution in [2.24, 2.45) is 0 Å². The molecule has 3 aromatic heterocycles. The monoisotopic (exact) mass is 1550 g/mol. The second-order valence-corrected chi connectivity index (χ2v) is 30.6. The molecule has 0 amide bonds. The fourth-order valence-electron chi connectivity index (χ4n) is 18.8. The van der Waals surface area contributed by atoms with Gasteiger partial charge >= 0.3 is 0 Å². The van der Waals surface area contributed by atoms with E-state index >= 15 is 0 Å². The highest BCUT2D eigenvalue weighted by Crippen LogP contribution is 2.51. The summed E-state index contributed by atoms with van der Waals surface area (Å²) in [5.41, 5.74) is 22.6. The van der Waals surface area contributed by atoms with E-state index in [9.17, 15) is 0 Å². The fraction of sp³-hybridized carbons (Fsp3) is 0. The zero-order valence-electron chi connectivity index (χ0n) is 75.2. The van der Waals surface area contributed by atoms with E-state index in [4.69, 9.17) is 27.0 Å². The number of benzene rings is 22. The van der Waals surface area contributed by atoms with Gasteiger partial charge < -0.3 is 13.3 Å². The molecule has 3 heteroatoms. The highest BCUT2D eigenvalue weighted by Gasteiger charge is 2.24. The van der Waals surface area contributed by atoms with E-state index in [0.29, 0.717) is 11.1 Å². The molecule has 0 fully saturated rings. The maximum absolute atomic E-state index is 8.86. The molecule has 25 aromatic rings. The first-order valence-corrected chi connectivity index (χ1v) is 40.7. The topological polar surface area (TPSA) is 39.4 Å². The lowest BCUT2D eigenvalue weighted by atomic mass is 9.84. The van der Waals surface area contributed by atoms with Gasteiger partial charge in [0.15, 0.2) is 0 Å². The Labute approximate surface area is 712 Å². The van der Waals surface area contributed by atoms with Gasteiger partial charge in [-0.15, -0.1) is 0 Å². The van der Waals surface area contributed by atoms with E-state index in [-0.39, 0.29) is 59.5 Å². The Bertz CT molecular complexity index is 8830. The maximum Gasteiger partial charge on any atom is 0.143 e. The quantitative estimate of drug-likeness (QED) is 0.135. The van der Waals surface area contributed by atoms with Crippen molar-refractivity contribution in [3.8, 4) is 100 Å². The summed E-state index contributed by atoms with van der Waals surface area (Å²) in [5.74, 6) is 0. The first-order valence-electron chi connectivity index (χ1n) is 45.7. The van der Waals surface area contributed by atoms with Crippen molar-refractivity contribution in [1.29, 1.82) is 0 Å². The fourth-order valence-corrected chi connectivity index (χ4v) is 18.8. The average Bonchev–Trinajstić information content (AvgIpc) is 1.70. The van der Waals surface area contributed by atoms with Crippen molar-refractivity contribution in [2.75, 3.05) is 0 Å². The third-order valence-corrected chi connectivity index (χ3v) is 24.0. The van der Waals surface area contributed by atoms with Gasteiger partial charge in [-0.2, -0.15) is 0 Å². The van der Waals surface area contributed by atoms with Crippen LogP contribution in [0.1, 0.15) is 13.7 Å². The van der Waals surface area contributed by atoms with Crippen molar-refractivity contribution >= 4 is 141 Å². The van der Waals surface area contributed by atoms with Gasteiger partial charge in [-0.05, 0) is 201 Å². The summed E-state index contributed by atoms with van der Waals surface area (Å²) in [4.78, 5) is 0. The molecule has 0 aliphatic heterocycles. The minimum atomic E-state index is -0.398. The lowest BCUT2D eigenvalue weighted by Crippen LogP contribution is -1.92. The Hall–Kier alpha value is -15.9. The van der Waals surface area contributed by atoms with Crippen LogP contribution < -0.4 is 0 Å². The maximum atomic E-state index is 8.86. The molecule has 0 spiro atoms. The Kier molecular flexibility index (Phi) is 14.8. The van der Waals surface area contributed by atoms with Gasteiger partial charge in [-0.3, -0.25) is 0 Å². The summed E-state index contributed by atoms with van der Waals surface area (Å²) in [7, 11) is 0. The molecule has 0 unspecified atom stereocenters. The first-order chi connectivity index (χ1) is 64.2. The Morgan fingerprint density at radius 2 is 0.413 bits per heavy atom. The van der Waals surface area contributed by atoms with Gasteiger partial charge in [-0.25, -0.2) is 0 Å². The molecule has 0 aliphatic carbocycles. The molecular formula is C118H74O3. The zero-order valence-corrected chi connectivity index (χ0v) is 65.2. The van der Waals surface area contributed by atoms with Crippen molar-refractivity contribution in [3.63, 3.8) is 0 Å². The minimum Gasteiger partial charge on any atom is -0.456 e. The van der Waals surface area contributed by atoms with Gasteiger partial charge in [0.05, 0.1) is 13.7 Å². The second kappa shape index (κ2) is 29.7. The van der Waals surface area contributed by atoms with E-state index < -0.39 is 12.1 Å². The Morgan fingerprint density at radius 3 is 0.868 bits per heavy atom. The van der Waals surface area contributed by atoms with Crippen LogP contribution in [0.3, 0.4) is 0 Å². The van der Waals surface area contributed by atoms with Crippen LogP contribution in [0.25, 0.3) is 241 Å². The molecular weight excluding hydrogens is 1470 g/mol. The molecule has 0 saturated heterocycles. The minimum absolute atomic E-state index is 0.205. The summed E-state index contributed by atoms with van der Waals surface area (Å²) in [5, 5.41) is 21.0.